The quantitative estimate of drug-likeness (QED) is 0.246. The van der Waals surface area contributed by atoms with Crippen molar-refractivity contribution in [3.05, 3.63) is 77.9 Å². The van der Waals surface area contributed by atoms with E-state index in [1.807, 2.05) is 12.1 Å². The van der Waals surface area contributed by atoms with Gasteiger partial charge in [0, 0.05) is 16.5 Å². The molecule has 0 aliphatic rings. The molecule has 0 fully saturated rings. The molecule has 3 rings (SSSR count). The maximum atomic E-state index is 10.5. The number of nitrogens with one attached hydrogen (secondary N) is 1. The first-order valence-electron chi connectivity index (χ1n) is 10.9. The topological polar surface area (TPSA) is 67.8 Å². The van der Waals surface area contributed by atoms with Gasteiger partial charge in [-0.3, -0.25) is 0 Å². The summed E-state index contributed by atoms with van der Waals surface area (Å²) in [5.74, 6) is 0.933. The Balaban J connectivity index is 1.44. The van der Waals surface area contributed by atoms with Gasteiger partial charge >= 0.3 is 8.25 Å². The van der Waals surface area contributed by atoms with Crippen molar-refractivity contribution in [2.75, 3.05) is 19.8 Å². The molecule has 1 unspecified atom stereocenters. The lowest BCUT2D eigenvalue weighted by atomic mass is 10.0. The molecule has 164 valence electrons. The van der Waals surface area contributed by atoms with Crippen molar-refractivity contribution in [3.63, 3.8) is 0 Å². The highest BCUT2D eigenvalue weighted by Gasteiger charge is 2.10. The van der Waals surface area contributed by atoms with E-state index in [1.54, 1.807) is 0 Å². The second-order valence-electron chi connectivity index (χ2n) is 7.51. The van der Waals surface area contributed by atoms with E-state index in [0.717, 1.165) is 50.1 Å². The third-order valence-electron chi connectivity index (χ3n) is 5.20. The summed E-state index contributed by atoms with van der Waals surface area (Å²) in [6.45, 7) is 2.45. The Morgan fingerprint density at radius 3 is 2.39 bits per heavy atom. The highest BCUT2D eigenvalue weighted by atomic mass is 31.1. The number of rotatable bonds is 14. The lowest BCUT2D eigenvalue weighted by molar-refractivity contribution is 0.276. The molecule has 0 saturated heterocycles. The number of aryl methyl sites for hydroxylation is 1. The van der Waals surface area contributed by atoms with Gasteiger partial charge in [0.2, 0.25) is 0 Å². The fourth-order valence-electron chi connectivity index (χ4n) is 3.61. The fourth-order valence-corrected chi connectivity index (χ4v) is 3.90. The van der Waals surface area contributed by atoms with Gasteiger partial charge in [-0.25, -0.2) is 0 Å². The largest absolute Gasteiger partial charge is 0.694 e. The van der Waals surface area contributed by atoms with Crippen LogP contribution in [0, 0.1) is 0 Å². The molecule has 3 aromatic rings. The molecule has 0 saturated carbocycles. The monoisotopic (exact) mass is 440 g/mol. The highest BCUT2D eigenvalue weighted by molar-refractivity contribution is 7.32. The molecular weight excluding hydrogens is 409 g/mol. The van der Waals surface area contributed by atoms with Gasteiger partial charge in [-0.1, -0.05) is 60.7 Å². The highest BCUT2D eigenvalue weighted by Crippen LogP contribution is 2.29. The summed E-state index contributed by atoms with van der Waals surface area (Å²) in [5, 5.41) is 5.69. The number of fused-ring (bicyclic) bond motifs is 1. The molecular formula is C25H31NO4P+. The molecule has 0 amide bonds. The molecule has 0 radical (unpaired) electrons. The van der Waals surface area contributed by atoms with Crippen LogP contribution in [0.4, 0.5) is 0 Å². The maximum Gasteiger partial charge on any atom is 0.694 e. The number of ether oxygens (including phenoxy) is 1. The SMILES string of the molecule is O=[P+](O)OCCCNCc1ccc(OCCCCCc2ccccc2)c2ccccc12. The Labute approximate surface area is 185 Å². The van der Waals surface area contributed by atoms with E-state index in [4.69, 9.17) is 9.63 Å². The third-order valence-corrected chi connectivity index (χ3v) is 5.60. The van der Waals surface area contributed by atoms with Crippen molar-refractivity contribution in [3.8, 4) is 5.75 Å². The molecule has 6 heteroatoms. The van der Waals surface area contributed by atoms with Crippen LogP contribution in [-0.2, 0) is 22.1 Å². The van der Waals surface area contributed by atoms with Gasteiger partial charge in [0.05, 0.1) is 6.61 Å². The Kier molecular flexibility index (Phi) is 9.94. The van der Waals surface area contributed by atoms with E-state index in [1.165, 1.54) is 22.9 Å². The van der Waals surface area contributed by atoms with Gasteiger partial charge < -0.3 is 10.1 Å². The van der Waals surface area contributed by atoms with Crippen molar-refractivity contribution < 1.29 is 18.7 Å². The minimum atomic E-state index is -2.50. The Bertz CT molecular complexity index is 949. The van der Waals surface area contributed by atoms with Gasteiger partial charge in [-0.15, -0.1) is 9.42 Å². The Hall–Kier alpha value is -2.30. The lowest BCUT2D eigenvalue weighted by Crippen LogP contribution is -2.16. The Morgan fingerprint density at radius 2 is 1.58 bits per heavy atom. The van der Waals surface area contributed by atoms with E-state index in [2.05, 4.69) is 64.4 Å². The summed E-state index contributed by atoms with van der Waals surface area (Å²) in [6, 6.07) is 23.1. The van der Waals surface area contributed by atoms with Gasteiger partial charge in [-0.2, -0.15) is 0 Å². The number of benzene rings is 3. The van der Waals surface area contributed by atoms with Crippen molar-refractivity contribution >= 4 is 19.0 Å². The van der Waals surface area contributed by atoms with Crippen LogP contribution in [0.2, 0.25) is 0 Å². The predicted molar refractivity (Wildman–Crippen MR) is 126 cm³/mol. The molecule has 0 aliphatic carbocycles. The average Bonchev–Trinajstić information content (AvgIpc) is 2.79. The summed E-state index contributed by atoms with van der Waals surface area (Å²) in [7, 11) is -2.50. The van der Waals surface area contributed by atoms with Crippen LogP contribution in [-0.4, -0.2) is 24.7 Å². The molecule has 0 spiro atoms. The van der Waals surface area contributed by atoms with E-state index >= 15 is 0 Å². The van der Waals surface area contributed by atoms with Crippen LogP contribution in [0.3, 0.4) is 0 Å². The number of hydrogen-bond donors (Lipinski definition) is 2. The minimum absolute atomic E-state index is 0.275. The molecule has 0 aliphatic heterocycles. The first kappa shape index (κ1) is 23.4. The van der Waals surface area contributed by atoms with E-state index < -0.39 is 8.25 Å². The summed E-state index contributed by atoms with van der Waals surface area (Å²) >= 11 is 0. The first-order chi connectivity index (χ1) is 15.2. The normalized spacial score (nSPS) is 11.6. The smallest absolute Gasteiger partial charge is 0.493 e. The number of unbranched alkanes of at least 4 members (excludes halogenated alkanes) is 2. The maximum absolute atomic E-state index is 10.5. The molecule has 31 heavy (non-hydrogen) atoms. The average molecular weight is 441 g/mol. The van der Waals surface area contributed by atoms with Crippen LogP contribution in [0.1, 0.15) is 36.8 Å². The van der Waals surface area contributed by atoms with Crippen LogP contribution >= 0.6 is 8.25 Å². The van der Waals surface area contributed by atoms with Crippen molar-refractivity contribution in [2.24, 2.45) is 0 Å². The van der Waals surface area contributed by atoms with Crippen LogP contribution in [0.5, 0.6) is 5.75 Å². The lowest BCUT2D eigenvalue weighted by Gasteiger charge is -2.13. The zero-order valence-corrected chi connectivity index (χ0v) is 18.7. The second kappa shape index (κ2) is 13.2. The number of hydrogen-bond acceptors (Lipinski definition) is 4. The van der Waals surface area contributed by atoms with Crippen molar-refractivity contribution in [1.82, 2.24) is 5.32 Å². The van der Waals surface area contributed by atoms with Crippen LogP contribution in [0.25, 0.3) is 10.8 Å². The standard InChI is InChI=1S/C25H30NO4P/c27-31(28)30-19-9-17-26-20-22-15-16-25(24-14-7-6-13-23(22)24)29-18-8-2-5-12-21-10-3-1-4-11-21/h1,3-4,6-7,10-11,13-16,26H,2,5,8-9,12,17-20H2/p+1. The first-order valence-corrected chi connectivity index (χ1v) is 12.0. The molecule has 5 nitrogen and oxygen atoms in total. The third kappa shape index (κ3) is 8.04. The van der Waals surface area contributed by atoms with Gasteiger partial charge in [0.1, 0.15) is 12.4 Å². The second-order valence-corrected chi connectivity index (χ2v) is 8.25. The Morgan fingerprint density at radius 1 is 0.806 bits per heavy atom. The zero-order chi connectivity index (χ0) is 21.7. The molecule has 3 aromatic carbocycles. The van der Waals surface area contributed by atoms with E-state index in [9.17, 15) is 4.57 Å². The molecule has 2 N–H and O–H groups in total. The molecule has 0 bridgehead atoms. The summed E-state index contributed by atoms with van der Waals surface area (Å²) in [5.41, 5.74) is 2.61. The van der Waals surface area contributed by atoms with Crippen LogP contribution in [0.15, 0.2) is 66.7 Å². The van der Waals surface area contributed by atoms with E-state index in [0.29, 0.717) is 6.42 Å². The summed E-state index contributed by atoms with van der Waals surface area (Å²) in [4.78, 5) is 8.64. The predicted octanol–water partition coefficient (Wildman–Crippen LogP) is 5.78. The summed E-state index contributed by atoms with van der Waals surface area (Å²) < 4.78 is 21.3. The van der Waals surface area contributed by atoms with Crippen molar-refractivity contribution in [2.45, 2.75) is 38.6 Å². The molecule has 0 aromatic heterocycles. The van der Waals surface area contributed by atoms with Gasteiger partial charge in [0.25, 0.3) is 0 Å². The van der Waals surface area contributed by atoms with Crippen LogP contribution < -0.4 is 10.1 Å². The molecule has 1 atom stereocenters. The van der Waals surface area contributed by atoms with Crippen molar-refractivity contribution in [1.29, 1.82) is 0 Å². The zero-order valence-electron chi connectivity index (χ0n) is 17.8. The van der Waals surface area contributed by atoms with E-state index in [-0.39, 0.29) is 6.61 Å². The fraction of sp³-hybridized carbons (Fsp3) is 0.360. The van der Waals surface area contributed by atoms with Gasteiger partial charge in [-0.05, 0) is 61.2 Å². The van der Waals surface area contributed by atoms with Gasteiger partial charge in [0.15, 0.2) is 0 Å². The summed E-state index contributed by atoms with van der Waals surface area (Å²) in [6.07, 6.45) is 5.19. The minimum Gasteiger partial charge on any atom is -0.493 e. The molecule has 0 heterocycles.